The monoisotopic (exact) mass is 183 g/mol. The van der Waals surface area contributed by atoms with Gasteiger partial charge in [-0.15, -0.1) is 0 Å². The highest BCUT2D eigenvalue weighted by Crippen LogP contribution is 2.24. The highest BCUT2D eigenvalue weighted by atomic mass is 16.6. The molecular weight excluding hydrogens is 174 g/mol. The van der Waals surface area contributed by atoms with Crippen LogP contribution in [0.5, 0.6) is 0 Å². The van der Waals surface area contributed by atoms with Gasteiger partial charge in [-0.05, 0) is 11.8 Å². The molecular formula is C7H9N3O3. The molecule has 0 unspecified atom stereocenters. The fourth-order valence-electron chi connectivity index (χ4n) is 1.23. The molecule has 0 amide bonds. The lowest BCUT2D eigenvalue weighted by Crippen LogP contribution is -2.08. The fraction of sp³-hybridized carbons (Fsp3) is 0.571. The first-order valence-electron chi connectivity index (χ1n) is 3.99. The molecule has 70 valence electrons. The summed E-state index contributed by atoms with van der Waals surface area (Å²) in [5.74, 6) is -0.122. The number of nitro groups is 1. The van der Waals surface area contributed by atoms with Crippen LogP contribution in [0.15, 0.2) is 12.4 Å². The highest BCUT2D eigenvalue weighted by Gasteiger charge is 2.36. The largest absolute Gasteiger partial charge is 0.434 e. The van der Waals surface area contributed by atoms with E-state index in [4.69, 9.17) is 4.74 Å². The summed E-state index contributed by atoms with van der Waals surface area (Å²) in [6.07, 6.45) is 3.33. The molecule has 0 bridgehead atoms. The molecule has 1 saturated heterocycles. The first-order valence-corrected chi connectivity index (χ1v) is 3.99. The zero-order valence-electron chi connectivity index (χ0n) is 7.08. The second-order valence-electron chi connectivity index (χ2n) is 3.02. The lowest BCUT2D eigenvalue weighted by molar-refractivity contribution is -0.396. The number of aromatic nitrogens is 2. The number of epoxide rings is 1. The van der Waals surface area contributed by atoms with Gasteiger partial charge < -0.3 is 14.9 Å². The minimum atomic E-state index is -0.493. The Labute approximate surface area is 74.3 Å². The molecule has 13 heavy (non-hydrogen) atoms. The van der Waals surface area contributed by atoms with Crippen LogP contribution in [0.25, 0.3) is 0 Å². The van der Waals surface area contributed by atoms with Gasteiger partial charge in [-0.1, -0.05) is 4.98 Å². The first-order chi connectivity index (χ1) is 6.18. The van der Waals surface area contributed by atoms with Crippen molar-refractivity contribution in [3.63, 3.8) is 0 Å². The van der Waals surface area contributed by atoms with Crippen LogP contribution >= 0.6 is 0 Å². The Kier molecular flexibility index (Phi) is 1.77. The SMILES string of the molecule is C[C@H]1O[C@@H]1Cn1ccnc1[N+](=O)[O-]. The maximum atomic E-state index is 10.4. The van der Waals surface area contributed by atoms with E-state index in [1.165, 1.54) is 10.8 Å². The normalized spacial score (nSPS) is 25.9. The van der Waals surface area contributed by atoms with Gasteiger partial charge in [0, 0.05) is 0 Å². The number of ether oxygens (including phenoxy) is 1. The minimum absolute atomic E-state index is 0.105. The number of hydrogen-bond acceptors (Lipinski definition) is 4. The van der Waals surface area contributed by atoms with Crippen molar-refractivity contribution >= 4 is 5.95 Å². The number of hydrogen-bond donors (Lipinski definition) is 0. The van der Waals surface area contributed by atoms with Crippen LogP contribution in [0.3, 0.4) is 0 Å². The van der Waals surface area contributed by atoms with Gasteiger partial charge in [0.1, 0.15) is 25.0 Å². The Balaban J connectivity index is 2.11. The van der Waals surface area contributed by atoms with Gasteiger partial charge >= 0.3 is 5.95 Å². The molecule has 0 saturated carbocycles. The summed E-state index contributed by atoms with van der Waals surface area (Å²) in [6, 6.07) is 0. The van der Waals surface area contributed by atoms with Crippen molar-refractivity contribution in [2.75, 3.05) is 0 Å². The van der Waals surface area contributed by atoms with Crippen LogP contribution < -0.4 is 0 Å². The third kappa shape index (κ3) is 1.52. The van der Waals surface area contributed by atoms with Crippen LogP contribution in [-0.2, 0) is 11.3 Å². The maximum Gasteiger partial charge on any atom is 0.434 e. The topological polar surface area (TPSA) is 73.5 Å². The molecule has 2 atom stereocenters. The van der Waals surface area contributed by atoms with Crippen molar-refractivity contribution in [1.29, 1.82) is 0 Å². The molecule has 0 aliphatic carbocycles. The van der Waals surface area contributed by atoms with E-state index in [-0.39, 0.29) is 18.2 Å². The maximum absolute atomic E-state index is 10.4. The van der Waals surface area contributed by atoms with Crippen LogP contribution in [-0.4, -0.2) is 26.7 Å². The number of imidazole rings is 1. The van der Waals surface area contributed by atoms with E-state index in [0.29, 0.717) is 6.54 Å². The van der Waals surface area contributed by atoms with E-state index >= 15 is 0 Å². The summed E-state index contributed by atoms with van der Waals surface area (Å²) in [6.45, 7) is 2.45. The molecule has 1 aliphatic rings. The Bertz CT molecular complexity index is 335. The minimum Gasteiger partial charge on any atom is -0.390 e. The standard InChI is InChI=1S/C7H9N3O3/c1-5-6(13-5)4-9-3-2-8-7(9)10(11)12/h2-3,5-6H,4H2,1H3/t5-,6-/m1/s1. The number of nitrogens with zero attached hydrogens (tertiary/aromatic N) is 3. The van der Waals surface area contributed by atoms with Crippen molar-refractivity contribution in [2.45, 2.75) is 25.7 Å². The Morgan fingerprint density at radius 2 is 2.54 bits per heavy atom. The molecule has 2 heterocycles. The van der Waals surface area contributed by atoms with Crippen molar-refractivity contribution in [1.82, 2.24) is 9.55 Å². The zero-order valence-corrected chi connectivity index (χ0v) is 7.08. The van der Waals surface area contributed by atoms with Crippen molar-refractivity contribution in [3.05, 3.63) is 22.5 Å². The third-order valence-electron chi connectivity index (χ3n) is 2.07. The average molecular weight is 183 g/mol. The molecule has 0 spiro atoms. The molecule has 2 rings (SSSR count). The molecule has 6 nitrogen and oxygen atoms in total. The summed E-state index contributed by atoms with van der Waals surface area (Å²) in [7, 11) is 0. The molecule has 0 aromatic carbocycles. The van der Waals surface area contributed by atoms with Crippen LogP contribution in [0.4, 0.5) is 5.95 Å². The van der Waals surface area contributed by atoms with E-state index in [1.807, 2.05) is 6.92 Å². The predicted octanol–water partition coefficient (Wildman–Crippen LogP) is 0.579. The van der Waals surface area contributed by atoms with Crippen LogP contribution in [0, 0.1) is 10.1 Å². The van der Waals surface area contributed by atoms with Gasteiger partial charge in [0.15, 0.2) is 0 Å². The van der Waals surface area contributed by atoms with E-state index in [9.17, 15) is 10.1 Å². The van der Waals surface area contributed by atoms with Gasteiger partial charge in [-0.2, -0.15) is 0 Å². The van der Waals surface area contributed by atoms with E-state index in [0.717, 1.165) is 0 Å². The van der Waals surface area contributed by atoms with Crippen molar-refractivity contribution in [3.8, 4) is 0 Å². The summed E-state index contributed by atoms with van der Waals surface area (Å²) >= 11 is 0. The second kappa shape index (κ2) is 2.81. The molecule has 1 fully saturated rings. The Hall–Kier alpha value is -1.43. The van der Waals surface area contributed by atoms with Gasteiger partial charge in [-0.3, -0.25) is 0 Å². The predicted molar refractivity (Wildman–Crippen MR) is 43.2 cm³/mol. The van der Waals surface area contributed by atoms with Crippen LogP contribution in [0.2, 0.25) is 0 Å². The fourth-order valence-corrected chi connectivity index (χ4v) is 1.23. The second-order valence-corrected chi connectivity index (χ2v) is 3.02. The van der Waals surface area contributed by atoms with Gasteiger partial charge in [-0.25, -0.2) is 4.57 Å². The molecule has 1 aliphatic heterocycles. The van der Waals surface area contributed by atoms with Gasteiger partial charge in [0.05, 0.1) is 6.10 Å². The van der Waals surface area contributed by atoms with Crippen molar-refractivity contribution < 1.29 is 9.66 Å². The lowest BCUT2D eigenvalue weighted by atomic mass is 10.3. The number of rotatable bonds is 3. The molecule has 1 aromatic heterocycles. The lowest BCUT2D eigenvalue weighted by Gasteiger charge is -1.97. The van der Waals surface area contributed by atoms with Gasteiger partial charge in [0.2, 0.25) is 0 Å². The summed E-state index contributed by atoms with van der Waals surface area (Å²) < 4.78 is 6.65. The molecule has 0 radical (unpaired) electrons. The summed E-state index contributed by atoms with van der Waals surface area (Å²) in [5.41, 5.74) is 0. The first kappa shape index (κ1) is 8.18. The molecule has 6 heteroatoms. The Morgan fingerprint density at radius 1 is 1.85 bits per heavy atom. The summed E-state index contributed by atoms with van der Waals surface area (Å²) in [4.78, 5) is 13.6. The molecule has 1 aromatic rings. The van der Waals surface area contributed by atoms with E-state index in [2.05, 4.69) is 4.98 Å². The van der Waals surface area contributed by atoms with Gasteiger partial charge in [0.25, 0.3) is 0 Å². The smallest absolute Gasteiger partial charge is 0.390 e. The highest BCUT2D eigenvalue weighted by molar-refractivity contribution is 5.07. The average Bonchev–Trinajstić information content (AvgIpc) is 2.62. The quantitative estimate of drug-likeness (QED) is 0.390. The molecule has 0 N–H and O–H groups in total. The van der Waals surface area contributed by atoms with Crippen molar-refractivity contribution in [2.24, 2.45) is 0 Å². The van der Waals surface area contributed by atoms with Crippen LogP contribution in [0.1, 0.15) is 6.92 Å². The summed E-state index contributed by atoms with van der Waals surface area (Å²) in [5, 5.41) is 10.4. The zero-order chi connectivity index (χ0) is 9.42. The van der Waals surface area contributed by atoms with E-state index in [1.54, 1.807) is 6.20 Å². The third-order valence-corrected chi connectivity index (χ3v) is 2.07. The van der Waals surface area contributed by atoms with E-state index < -0.39 is 4.92 Å². The Morgan fingerprint density at radius 3 is 3.08 bits per heavy atom.